The van der Waals surface area contributed by atoms with Crippen LogP contribution in [-0.4, -0.2) is 35.4 Å². The van der Waals surface area contributed by atoms with Crippen molar-refractivity contribution in [3.63, 3.8) is 0 Å². The SMILES string of the molecule is CN=C(NCC1CC1c1ccccc1)NC(C)Cc1c(C)nn(C)c1C.I. The molecule has 148 valence electrons. The molecule has 0 aliphatic heterocycles. The minimum Gasteiger partial charge on any atom is -0.356 e. The smallest absolute Gasteiger partial charge is 0.191 e. The normalized spacial score (nSPS) is 20.0. The Balaban J connectivity index is 0.00000261. The molecule has 1 aromatic carbocycles. The molecule has 1 aliphatic carbocycles. The molecule has 0 bridgehead atoms. The number of nitrogens with zero attached hydrogens (tertiary/aromatic N) is 3. The van der Waals surface area contributed by atoms with Crippen LogP contribution < -0.4 is 10.6 Å². The van der Waals surface area contributed by atoms with Crippen LogP contribution in [0.15, 0.2) is 35.3 Å². The third kappa shape index (κ3) is 5.46. The summed E-state index contributed by atoms with van der Waals surface area (Å²) in [6.45, 7) is 7.38. The van der Waals surface area contributed by atoms with E-state index >= 15 is 0 Å². The fourth-order valence-electron chi connectivity index (χ4n) is 3.71. The summed E-state index contributed by atoms with van der Waals surface area (Å²) < 4.78 is 1.96. The Labute approximate surface area is 180 Å². The van der Waals surface area contributed by atoms with Gasteiger partial charge in [0.15, 0.2) is 5.96 Å². The van der Waals surface area contributed by atoms with Gasteiger partial charge in [0.1, 0.15) is 0 Å². The van der Waals surface area contributed by atoms with Crippen molar-refractivity contribution in [3.8, 4) is 0 Å². The van der Waals surface area contributed by atoms with Crippen LogP contribution in [0.1, 0.15) is 41.8 Å². The van der Waals surface area contributed by atoms with E-state index in [9.17, 15) is 0 Å². The molecule has 1 fully saturated rings. The monoisotopic (exact) mass is 481 g/mol. The first kappa shape index (κ1) is 21.7. The maximum Gasteiger partial charge on any atom is 0.191 e. The highest BCUT2D eigenvalue weighted by Gasteiger charge is 2.37. The summed E-state index contributed by atoms with van der Waals surface area (Å²) in [5.74, 6) is 2.28. The first-order valence-electron chi connectivity index (χ1n) is 9.50. The van der Waals surface area contributed by atoms with Crippen LogP contribution in [0, 0.1) is 19.8 Å². The van der Waals surface area contributed by atoms with Gasteiger partial charge in [0, 0.05) is 32.4 Å². The standard InChI is InChI=1S/C21H31N5.HI/c1-14(11-19-15(2)25-26(5)16(19)3)24-21(22-4)23-13-18-12-20(18)17-9-7-6-8-10-17;/h6-10,14,18,20H,11-13H2,1-5H3,(H2,22,23,24);1H. The molecule has 3 unspecified atom stereocenters. The summed E-state index contributed by atoms with van der Waals surface area (Å²) in [5.41, 5.74) is 5.14. The Morgan fingerprint density at radius 1 is 1.30 bits per heavy atom. The zero-order valence-electron chi connectivity index (χ0n) is 17.0. The number of guanidine groups is 1. The van der Waals surface area contributed by atoms with Gasteiger partial charge < -0.3 is 10.6 Å². The fraction of sp³-hybridized carbons (Fsp3) is 0.524. The van der Waals surface area contributed by atoms with E-state index in [0.29, 0.717) is 17.9 Å². The van der Waals surface area contributed by atoms with E-state index in [0.717, 1.165) is 24.6 Å². The van der Waals surface area contributed by atoms with Crippen molar-refractivity contribution in [2.45, 2.75) is 45.6 Å². The van der Waals surface area contributed by atoms with Crippen molar-refractivity contribution in [2.75, 3.05) is 13.6 Å². The highest BCUT2D eigenvalue weighted by molar-refractivity contribution is 14.0. The van der Waals surface area contributed by atoms with Crippen LogP contribution in [0.2, 0.25) is 0 Å². The van der Waals surface area contributed by atoms with Crippen molar-refractivity contribution in [3.05, 3.63) is 52.8 Å². The molecule has 3 rings (SSSR count). The number of benzene rings is 1. The Hall–Kier alpha value is -1.57. The summed E-state index contributed by atoms with van der Waals surface area (Å²) in [5, 5.41) is 11.5. The average molecular weight is 481 g/mol. The molecule has 27 heavy (non-hydrogen) atoms. The molecule has 2 N–H and O–H groups in total. The molecule has 1 heterocycles. The zero-order chi connectivity index (χ0) is 18.7. The number of nitrogens with one attached hydrogen (secondary N) is 2. The lowest BCUT2D eigenvalue weighted by Gasteiger charge is -2.18. The number of aliphatic imine (C=N–C) groups is 1. The number of rotatable bonds is 6. The number of aryl methyl sites for hydroxylation is 2. The molecule has 0 saturated heterocycles. The van der Waals surface area contributed by atoms with Crippen molar-refractivity contribution >= 4 is 29.9 Å². The minimum absolute atomic E-state index is 0. The summed E-state index contributed by atoms with van der Waals surface area (Å²) in [6.07, 6.45) is 2.21. The van der Waals surface area contributed by atoms with E-state index in [4.69, 9.17) is 0 Å². The second-order valence-corrected chi connectivity index (χ2v) is 7.49. The predicted molar refractivity (Wildman–Crippen MR) is 123 cm³/mol. The summed E-state index contributed by atoms with van der Waals surface area (Å²) in [4.78, 5) is 4.39. The van der Waals surface area contributed by atoms with E-state index in [2.05, 4.69) is 71.8 Å². The highest BCUT2D eigenvalue weighted by Crippen LogP contribution is 2.46. The largest absolute Gasteiger partial charge is 0.356 e. The average Bonchev–Trinajstić information content (AvgIpc) is 3.38. The number of hydrogen-bond acceptors (Lipinski definition) is 2. The van der Waals surface area contributed by atoms with Gasteiger partial charge in [0.05, 0.1) is 5.69 Å². The zero-order valence-corrected chi connectivity index (χ0v) is 19.3. The van der Waals surface area contributed by atoms with Gasteiger partial charge in [-0.2, -0.15) is 5.10 Å². The summed E-state index contributed by atoms with van der Waals surface area (Å²) >= 11 is 0. The lowest BCUT2D eigenvalue weighted by molar-refractivity contribution is 0.627. The number of halogens is 1. The van der Waals surface area contributed by atoms with Gasteiger partial charge in [-0.05, 0) is 56.6 Å². The van der Waals surface area contributed by atoms with Crippen LogP contribution in [0.5, 0.6) is 0 Å². The van der Waals surface area contributed by atoms with Gasteiger partial charge in [-0.15, -0.1) is 24.0 Å². The van der Waals surface area contributed by atoms with Crippen molar-refractivity contribution in [2.24, 2.45) is 18.0 Å². The third-order valence-corrected chi connectivity index (χ3v) is 5.46. The lowest BCUT2D eigenvalue weighted by atomic mass is 10.1. The molecular weight excluding hydrogens is 449 g/mol. The molecule has 3 atom stereocenters. The maximum atomic E-state index is 4.51. The van der Waals surface area contributed by atoms with Gasteiger partial charge in [-0.25, -0.2) is 0 Å². The minimum atomic E-state index is 0. The second-order valence-electron chi connectivity index (χ2n) is 7.49. The first-order valence-corrected chi connectivity index (χ1v) is 9.50. The molecule has 0 spiro atoms. The molecule has 2 aromatic rings. The molecule has 1 aliphatic rings. The van der Waals surface area contributed by atoms with Gasteiger partial charge in [0.25, 0.3) is 0 Å². The fourth-order valence-corrected chi connectivity index (χ4v) is 3.71. The predicted octanol–water partition coefficient (Wildman–Crippen LogP) is 3.55. The molecule has 0 amide bonds. The molecule has 1 saturated carbocycles. The quantitative estimate of drug-likeness (QED) is 0.377. The number of hydrogen-bond donors (Lipinski definition) is 2. The van der Waals surface area contributed by atoms with Crippen molar-refractivity contribution in [1.82, 2.24) is 20.4 Å². The van der Waals surface area contributed by atoms with Gasteiger partial charge >= 0.3 is 0 Å². The van der Waals surface area contributed by atoms with Gasteiger partial charge in [-0.3, -0.25) is 9.67 Å². The van der Waals surface area contributed by atoms with Gasteiger partial charge in [0.2, 0.25) is 0 Å². The highest BCUT2D eigenvalue weighted by atomic mass is 127. The Kier molecular flexibility index (Phi) is 7.70. The van der Waals surface area contributed by atoms with Crippen LogP contribution >= 0.6 is 24.0 Å². The Bertz CT molecular complexity index is 768. The Morgan fingerprint density at radius 3 is 2.59 bits per heavy atom. The molecular formula is C21H32IN5. The third-order valence-electron chi connectivity index (χ3n) is 5.46. The lowest BCUT2D eigenvalue weighted by Crippen LogP contribution is -2.43. The van der Waals surface area contributed by atoms with E-state index in [-0.39, 0.29) is 24.0 Å². The van der Waals surface area contributed by atoms with E-state index in [1.54, 1.807) is 0 Å². The second kappa shape index (κ2) is 9.57. The first-order chi connectivity index (χ1) is 12.5. The molecule has 5 nitrogen and oxygen atoms in total. The topological polar surface area (TPSA) is 54.2 Å². The van der Waals surface area contributed by atoms with E-state index in [1.165, 1.54) is 23.2 Å². The number of aromatic nitrogens is 2. The van der Waals surface area contributed by atoms with Crippen LogP contribution in [-0.2, 0) is 13.5 Å². The van der Waals surface area contributed by atoms with Crippen LogP contribution in [0.25, 0.3) is 0 Å². The van der Waals surface area contributed by atoms with Gasteiger partial charge in [-0.1, -0.05) is 30.3 Å². The summed E-state index contributed by atoms with van der Waals surface area (Å²) in [6, 6.07) is 11.1. The summed E-state index contributed by atoms with van der Waals surface area (Å²) in [7, 11) is 3.84. The molecule has 0 radical (unpaired) electrons. The molecule has 1 aromatic heterocycles. The van der Waals surface area contributed by atoms with E-state index < -0.39 is 0 Å². The van der Waals surface area contributed by atoms with Crippen LogP contribution in [0.3, 0.4) is 0 Å². The molecule has 6 heteroatoms. The van der Waals surface area contributed by atoms with E-state index in [1.807, 2.05) is 18.8 Å². The van der Waals surface area contributed by atoms with Crippen molar-refractivity contribution in [1.29, 1.82) is 0 Å². The maximum absolute atomic E-state index is 4.51. The van der Waals surface area contributed by atoms with Crippen LogP contribution in [0.4, 0.5) is 0 Å². The Morgan fingerprint density at radius 2 is 2.00 bits per heavy atom. The van der Waals surface area contributed by atoms with Crippen molar-refractivity contribution < 1.29 is 0 Å².